The standard InChI is InChI=1S/C23H25N5O5/c1-13-20(22(29)27-17-8-6-15(31-3)11-19(17)33-5)21(28-23(26-13)24-12-25-28)16-10-14(30-2)7-9-18(16)32-4/h6-12,21H,1-5H3,(H,27,29)(H,24,25,26)/t21-/m1/s1. The monoisotopic (exact) mass is 451 g/mol. The predicted octanol–water partition coefficient (Wildman–Crippen LogP) is 3.24. The molecule has 172 valence electrons. The number of benzene rings is 2. The highest BCUT2D eigenvalue weighted by molar-refractivity contribution is 6.06. The molecule has 0 fully saturated rings. The van der Waals surface area contributed by atoms with E-state index >= 15 is 0 Å². The van der Waals surface area contributed by atoms with E-state index in [4.69, 9.17) is 18.9 Å². The number of nitrogens with zero attached hydrogens (tertiary/aromatic N) is 3. The van der Waals surface area contributed by atoms with Gasteiger partial charge in [-0.05, 0) is 37.3 Å². The first-order chi connectivity index (χ1) is 16.0. The van der Waals surface area contributed by atoms with Gasteiger partial charge in [-0.3, -0.25) is 4.79 Å². The number of hydrogen-bond acceptors (Lipinski definition) is 8. The third kappa shape index (κ3) is 4.02. The van der Waals surface area contributed by atoms with Crippen LogP contribution in [0, 0.1) is 0 Å². The van der Waals surface area contributed by atoms with Crippen molar-refractivity contribution in [1.82, 2.24) is 14.8 Å². The lowest BCUT2D eigenvalue weighted by Crippen LogP contribution is -2.31. The molecular formula is C23H25N5O5. The minimum atomic E-state index is -0.613. The predicted molar refractivity (Wildman–Crippen MR) is 122 cm³/mol. The molecule has 3 aromatic rings. The van der Waals surface area contributed by atoms with Crippen molar-refractivity contribution in [2.45, 2.75) is 13.0 Å². The molecule has 0 unspecified atom stereocenters. The van der Waals surface area contributed by atoms with Crippen molar-refractivity contribution in [3.63, 3.8) is 0 Å². The third-order valence-electron chi connectivity index (χ3n) is 5.43. The van der Waals surface area contributed by atoms with Crippen molar-refractivity contribution in [2.24, 2.45) is 0 Å². The van der Waals surface area contributed by atoms with E-state index in [0.717, 1.165) is 0 Å². The van der Waals surface area contributed by atoms with Crippen LogP contribution in [-0.2, 0) is 4.79 Å². The molecule has 1 atom stereocenters. The maximum absolute atomic E-state index is 13.6. The molecule has 0 spiro atoms. The van der Waals surface area contributed by atoms with E-state index in [9.17, 15) is 4.79 Å². The molecule has 2 heterocycles. The van der Waals surface area contributed by atoms with E-state index in [-0.39, 0.29) is 5.91 Å². The Labute approximate surface area is 191 Å². The lowest BCUT2D eigenvalue weighted by Gasteiger charge is -2.30. The van der Waals surface area contributed by atoms with Gasteiger partial charge in [0, 0.05) is 17.3 Å². The number of carbonyl (C=O) groups excluding carboxylic acids is 1. The normalized spacial score (nSPS) is 14.8. The number of nitrogens with one attached hydrogen (secondary N) is 2. The molecule has 2 N–H and O–H groups in total. The van der Waals surface area contributed by atoms with Crippen LogP contribution in [0.2, 0.25) is 0 Å². The molecule has 0 radical (unpaired) electrons. The van der Waals surface area contributed by atoms with Crippen LogP contribution in [0.5, 0.6) is 23.0 Å². The summed E-state index contributed by atoms with van der Waals surface area (Å²) in [6.07, 6.45) is 1.43. The summed E-state index contributed by atoms with van der Waals surface area (Å²) in [7, 11) is 6.26. The van der Waals surface area contributed by atoms with Gasteiger partial charge in [-0.2, -0.15) is 10.1 Å². The van der Waals surface area contributed by atoms with E-state index in [2.05, 4.69) is 20.7 Å². The minimum Gasteiger partial charge on any atom is -0.497 e. The number of anilines is 2. The lowest BCUT2D eigenvalue weighted by molar-refractivity contribution is -0.113. The molecule has 0 aliphatic carbocycles. The van der Waals surface area contributed by atoms with Crippen LogP contribution in [0.25, 0.3) is 0 Å². The molecule has 1 amide bonds. The average molecular weight is 451 g/mol. The van der Waals surface area contributed by atoms with Gasteiger partial charge in [0.1, 0.15) is 35.4 Å². The Kier molecular flexibility index (Phi) is 6.07. The van der Waals surface area contributed by atoms with E-state index in [1.165, 1.54) is 13.4 Å². The van der Waals surface area contributed by atoms with Crippen molar-refractivity contribution >= 4 is 17.5 Å². The molecule has 1 aromatic heterocycles. The molecule has 10 nitrogen and oxygen atoms in total. The Balaban J connectivity index is 1.80. The molecule has 0 saturated heterocycles. The van der Waals surface area contributed by atoms with Crippen LogP contribution in [0.3, 0.4) is 0 Å². The first-order valence-corrected chi connectivity index (χ1v) is 10.1. The van der Waals surface area contributed by atoms with Gasteiger partial charge in [-0.1, -0.05) is 0 Å². The molecule has 4 rings (SSSR count). The molecule has 1 aliphatic rings. The third-order valence-corrected chi connectivity index (χ3v) is 5.43. The molecule has 10 heteroatoms. The molecule has 0 saturated carbocycles. The smallest absolute Gasteiger partial charge is 0.255 e. The highest BCUT2D eigenvalue weighted by atomic mass is 16.5. The Morgan fingerprint density at radius 3 is 2.36 bits per heavy atom. The second-order valence-electron chi connectivity index (χ2n) is 7.22. The zero-order valence-electron chi connectivity index (χ0n) is 19.0. The Morgan fingerprint density at radius 1 is 0.970 bits per heavy atom. The van der Waals surface area contributed by atoms with Gasteiger partial charge >= 0.3 is 0 Å². The summed E-state index contributed by atoms with van der Waals surface area (Å²) in [5.74, 6) is 2.48. The number of fused-ring (bicyclic) bond motifs is 1. The first-order valence-electron chi connectivity index (χ1n) is 10.1. The molecule has 0 bridgehead atoms. The molecule has 1 aliphatic heterocycles. The Hall–Kier alpha value is -4.21. The van der Waals surface area contributed by atoms with Crippen LogP contribution in [0.15, 0.2) is 54.0 Å². The SMILES string of the molecule is COc1ccc(NC(=O)C2=C(C)Nc3ncnn3[C@@H]2c2cc(OC)ccc2OC)c(OC)c1. The largest absolute Gasteiger partial charge is 0.497 e. The maximum atomic E-state index is 13.6. The molecular weight excluding hydrogens is 426 g/mol. The van der Waals surface area contributed by atoms with E-state index < -0.39 is 6.04 Å². The first kappa shape index (κ1) is 22.0. The summed E-state index contributed by atoms with van der Waals surface area (Å²) in [4.78, 5) is 17.9. The lowest BCUT2D eigenvalue weighted by atomic mass is 9.94. The summed E-state index contributed by atoms with van der Waals surface area (Å²) in [6, 6.07) is 9.98. The van der Waals surface area contributed by atoms with Crippen molar-refractivity contribution in [3.05, 3.63) is 59.6 Å². The number of rotatable bonds is 7. The number of methoxy groups -OCH3 is 4. The van der Waals surface area contributed by atoms with Gasteiger partial charge < -0.3 is 29.6 Å². The fourth-order valence-corrected chi connectivity index (χ4v) is 3.82. The van der Waals surface area contributed by atoms with E-state index in [1.54, 1.807) is 56.3 Å². The van der Waals surface area contributed by atoms with Crippen LogP contribution in [0.4, 0.5) is 11.6 Å². The van der Waals surface area contributed by atoms with Crippen LogP contribution >= 0.6 is 0 Å². The number of aromatic nitrogens is 3. The van der Waals surface area contributed by atoms with Crippen molar-refractivity contribution in [2.75, 3.05) is 39.1 Å². The van der Waals surface area contributed by atoms with Crippen molar-refractivity contribution in [3.8, 4) is 23.0 Å². The summed E-state index contributed by atoms with van der Waals surface area (Å²) in [5.41, 5.74) is 2.29. The van der Waals surface area contributed by atoms with E-state index in [1.807, 2.05) is 13.0 Å². The highest BCUT2D eigenvalue weighted by Crippen LogP contribution is 2.41. The minimum absolute atomic E-state index is 0.334. The number of allylic oxidation sites excluding steroid dienone is 1. The fraction of sp³-hybridized carbons (Fsp3) is 0.261. The second kappa shape index (κ2) is 9.11. The van der Waals surface area contributed by atoms with Gasteiger partial charge in [0.15, 0.2) is 0 Å². The summed E-state index contributed by atoms with van der Waals surface area (Å²) in [6.45, 7) is 1.82. The zero-order chi connectivity index (χ0) is 23.5. The second-order valence-corrected chi connectivity index (χ2v) is 7.22. The van der Waals surface area contributed by atoms with Gasteiger partial charge in [0.05, 0.1) is 39.7 Å². The summed E-state index contributed by atoms with van der Waals surface area (Å²) in [5, 5.41) is 10.5. The van der Waals surface area contributed by atoms with Crippen LogP contribution < -0.4 is 29.6 Å². The number of amides is 1. The highest BCUT2D eigenvalue weighted by Gasteiger charge is 2.35. The fourth-order valence-electron chi connectivity index (χ4n) is 3.82. The molecule has 2 aromatic carbocycles. The summed E-state index contributed by atoms with van der Waals surface area (Å²) >= 11 is 0. The quantitative estimate of drug-likeness (QED) is 0.564. The average Bonchev–Trinajstić information content (AvgIpc) is 3.30. The van der Waals surface area contributed by atoms with E-state index in [0.29, 0.717) is 51.5 Å². The molecule has 33 heavy (non-hydrogen) atoms. The number of hydrogen-bond donors (Lipinski definition) is 2. The Bertz CT molecular complexity index is 1220. The Morgan fingerprint density at radius 2 is 1.67 bits per heavy atom. The van der Waals surface area contributed by atoms with Crippen LogP contribution in [-0.4, -0.2) is 49.1 Å². The van der Waals surface area contributed by atoms with Crippen LogP contribution in [0.1, 0.15) is 18.5 Å². The van der Waals surface area contributed by atoms with Crippen molar-refractivity contribution < 1.29 is 23.7 Å². The van der Waals surface area contributed by atoms with Gasteiger partial charge in [0.2, 0.25) is 5.95 Å². The number of ether oxygens (including phenoxy) is 4. The topological polar surface area (TPSA) is 109 Å². The zero-order valence-corrected chi connectivity index (χ0v) is 19.0. The van der Waals surface area contributed by atoms with Crippen molar-refractivity contribution in [1.29, 1.82) is 0 Å². The maximum Gasteiger partial charge on any atom is 0.255 e. The van der Waals surface area contributed by atoms with Gasteiger partial charge in [0.25, 0.3) is 5.91 Å². The summed E-state index contributed by atoms with van der Waals surface area (Å²) < 4.78 is 23.4. The van der Waals surface area contributed by atoms with Gasteiger partial charge in [-0.25, -0.2) is 4.68 Å². The van der Waals surface area contributed by atoms with Gasteiger partial charge in [-0.15, -0.1) is 0 Å². The number of carbonyl (C=O) groups is 1.